The van der Waals surface area contributed by atoms with E-state index < -0.39 is 0 Å². The number of aromatic nitrogens is 2. The maximum absolute atomic E-state index is 4.49. The molecule has 106 valence electrons. The summed E-state index contributed by atoms with van der Waals surface area (Å²) in [6.07, 6.45) is 3.76. The Kier molecular flexibility index (Phi) is 4.50. The molecule has 0 aliphatic carbocycles. The Labute approximate surface area is 121 Å². The fourth-order valence-electron chi connectivity index (χ4n) is 2.39. The highest BCUT2D eigenvalue weighted by Gasteiger charge is 2.18. The molecule has 0 fully saturated rings. The molecule has 0 amide bonds. The maximum Gasteiger partial charge on any atom is 0.149 e. The van der Waals surface area contributed by atoms with Crippen molar-refractivity contribution in [2.45, 2.75) is 40.7 Å². The largest absolute Gasteiger partial charge is 0.304 e. The first-order valence-corrected chi connectivity index (χ1v) is 7.12. The number of nitrogens with zero attached hydrogens (tertiary/aromatic N) is 2. The van der Waals surface area contributed by atoms with Crippen molar-refractivity contribution in [1.29, 1.82) is 0 Å². The van der Waals surface area contributed by atoms with E-state index in [1.54, 1.807) is 0 Å². The lowest BCUT2D eigenvalue weighted by atomic mass is 9.95. The van der Waals surface area contributed by atoms with E-state index in [4.69, 9.17) is 0 Å². The molecule has 0 saturated carbocycles. The lowest BCUT2D eigenvalue weighted by Crippen LogP contribution is -2.25. The van der Waals surface area contributed by atoms with Gasteiger partial charge in [-0.15, -0.1) is 0 Å². The average Bonchev–Trinajstić information content (AvgIpc) is 2.42. The van der Waals surface area contributed by atoms with Gasteiger partial charge in [-0.2, -0.15) is 0 Å². The number of hydrogen-bond donors (Lipinski definition) is 1. The molecule has 0 bridgehead atoms. The fraction of sp³-hybridized carbons (Fsp3) is 0.412. The van der Waals surface area contributed by atoms with Crippen LogP contribution < -0.4 is 5.32 Å². The highest BCUT2D eigenvalue weighted by Crippen LogP contribution is 2.25. The third kappa shape index (κ3) is 3.05. The van der Waals surface area contributed by atoms with Crippen LogP contribution in [0.5, 0.6) is 0 Å². The standard InChI is InChI=1S/C17H23N3/c1-6-18-16(17-19-9-11(2)10-20-17)15-8-13(4)12(3)7-14(15)5/h7-10,16,18H,6H2,1-5H3. The van der Waals surface area contributed by atoms with Gasteiger partial charge in [0.25, 0.3) is 0 Å². The van der Waals surface area contributed by atoms with Gasteiger partial charge in [0, 0.05) is 12.4 Å². The van der Waals surface area contributed by atoms with Crippen molar-refractivity contribution in [2.75, 3.05) is 6.54 Å². The topological polar surface area (TPSA) is 37.8 Å². The predicted molar refractivity (Wildman–Crippen MR) is 82.9 cm³/mol. The smallest absolute Gasteiger partial charge is 0.149 e. The Bertz CT molecular complexity index is 588. The van der Waals surface area contributed by atoms with E-state index in [-0.39, 0.29) is 6.04 Å². The molecule has 1 atom stereocenters. The predicted octanol–water partition coefficient (Wildman–Crippen LogP) is 3.41. The van der Waals surface area contributed by atoms with Crippen LogP contribution in [0.2, 0.25) is 0 Å². The van der Waals surface area contributed by atoms with Crippen molar-refractivity contribution >= 4 is 0 Å². The van der Waals surface area contributed by atoms with Gasteiger partial charge in [-0.3, -0.25) is 0 Å². The quantitative estimate of drug-likeness (QED) is 0.924. The van der Waals surface area contributed by atoms with Gasteiger partial charge in [0.05, 0.1) is 6.04 Å². The van der Waals surface area contributed by atoms with E-state index in [1.807, 2.05) is 19.3 Å². The van der Waals surface area contributed by atoms with E-state index in [1.165, 1.54) is 22.3 Å². The Hall–Kier alpha value is -1.74. The first-order chi connectivity index (χ1) is 9.52. The summed E-state index contributed by atoms with van der Waals surface area (Å²) < 4.78 is 0. The summed E-state index contributed by atoms with van der Waals surface area (Å²) in [5.74, 6) is 0.837. The van der Waals surface area contributed by atoms with Gasteiger partial charge >= 0.3 is 0 Å². The fourth-order valence-corrected chi connectivity index (χ4v) is 2.39. The highest BCUT2D eigenvalue weighted by molar-refractivity contribution is 5.40. The molecule has 3 nitrogen and oxygen atoms in total. The Morgan fingerprint density at radius 1 is 0.950 bits per heavy atom. The summed E-state index contributed by atoms with van der Waals surface area (Å²) in [7, 11) is 0. The normalized spacial score (nSPS) is 12.4. The van der Waals surface area contributed by atoms with Crippen molar-refractivity contribution in [3.05, 3.63) is 58.2 Å². The molecule has 1 N–H and O–H groups in total. The molecule has 0 saturated heterocycles. The van der Waals surface area contributed by atoms with Crippen LogP contribution in [0.4, 0.5) is 0 Å². The van der Waals surface area contributed by atoms with Gasteiger partial charge in [0.1, 0.15) is 5.82 Å². The molecular weight excluding hydrogens is 246 g/mol. The van der Waals surface area contributed by atoms with Crippen LogP contribution in [0.25, 0.3) is 0 Å². The van der Waals surface area contributed by atoms with Crippen LogP contribution in [0.3, 0.4) is 0 Å². The van der Waals surface area contributed by atoms with E-state index in [0.29, 0.717) is 0 Å². The summed E-state index contributed by atoms with van der Waals surface area (Å²) in [6.45, 7) is 11.5. The average molecular weight is 269 g/mol. The van der Waals surface area contributed by atoms with Crippen LogP contribution in [0.1, 0.15) is 46.6 Å². The second kappa shape index (κ2) is 6.14. The van der Waals surface area contributed by atoms with Gasteiger partial charge in [-0.05, 0) is 62.1 Å². The minimum Gasteiger partial charge on any atom is -0.304 e. The zero-order chi connectivity index (χ0) is 14.7. The molecule has 1 aromatic carbocycles. The lowest BCUT2D eigenvalue weighted by Gasteiger charge is -2.20. The minimum absolute atomic E-state index is 0.0555. The van der Waals surface area contributed by atoms with E-state index in [2.05, 4.69) is 55.1 Å². The molecule has 0 radical (unpaired) electrons. The van der Waals surface area contributed by atoms with Crippen LogP contribution in [0.15, 0.2) is 24.5 Å². The van der Waals surface area contributed by atoms with Gasteiger partial charge in [0.15, 0.2) is 0 Å². The first kappa shape index (κ1) is 14.7. The molecule has 20 heavy (non-hydrogen) atoms. The molecule has 0 aliphatic heterocycles. The number of hydrogen-bond acceptors (Lipinski definition) is 3. The zero-order valence-electron chi connectivity index (χ0n) is 13.0. The molecule has 2 rings (SSSR count). The zero-order valence-corrected chi connectivity index (χ0v) is 13.0. The van der Waals surface area contributed by atoms with Crippen molar-refractivity contribution in [1.82, 2.24) is 15.3 Å². The lowest BCUT2D eigenvalue weighted by molar-refractivity contribution is 0.593. The highest BCUT2D eigenvalue weighted by atomic mass is 15.0. The third-order valence-corrected chi connectivity index (χ3v) is 3.66. The molecule has 1 heterocycles. The van der Waals surface area contributed by atoms with Crippen LogP contribution in [-0.4, -0.2) is 16.5 Å². The molecule has 1 unspecified atom stereocenters. The second-order valence-electron chi connectivity index (χ2n) is 5.40. The van der Waals surface area contributed by atoms with Gasteiger partial charge in [-0.25, -0.2) is 9.97 Å². The van der Waals surface area contributed by atoms with Crippen molar-refractivity contribution < 1.29 is 0 Å². The van der Waals surface area contributed by atoms with Gasteiger partial charge in [0.2, 0.25) is 0 Å². The number of aryl methyl sites for hydroxylation is 4. The minimum atomic E-state index is 0.0555. The number of benzene rings is 1. The summed E-state index contributed by atoms with van der Waals surface area (Å²) >= 11 is 0. The molecule has 1 aromatic heterocycles. The molecular formula is C17H23N3. The third-order valence-electron chi connectivity index (χ3n) is 3.66. The molecule has 2 aromatic rings. The van der Waals surface area contributed by atoms with Crippen molar-refractivity contribution in [3.8, 4) is 0 Å². The van der Waals surface area contributed by atoms with Crippen molar-refractivity contribution in [2.24, 2.45) is 0 Å². The SMILES string of the molecule is CCNC(c1ncc(C)cn1)c1cc(C)c(C)cc1C. The summed E-state index contributed by atoms with van der Waals surface area (Å²) in [5.41, 5.74) is 6.26. The van der Waals surface area contributed by atoms with Gasteiger partial charge < -0.3 is 5.32 Å². The Morgan fingerprint density at radius 2 is 1.55 bits per heavy atom. The van der Waals surface area contributed by atoms with Gasteiger partial charge in [-0.1, -0.05) is 19.1 Å². The summed E-state index contributed by atoms with van der Waals surface area (Å²) in [5, 5.41) is 3.50. The number of nitrogens with one attached hydrogen (secondary N) is 1. The molecule has 0 aliphatic rings. The maximum atomic E-state index is 4.49. The first-order valence-electron chi connectivity index (χ1n) is 7.12. The monoisotopic (exact) mass is 269 g/mol. The number of rotatable bonds is 4. The second-order valence-corrected chi connectivity index (χ2v) is 5.40. The Balaban J connectivity index is 2.48. The van der Waals surface area contributed by atoms with E-state index in [0.717, 1.165) is 17.9 Å². The van der Waals surface area contributed by atoms with Crippen molar-refractivity contribution in [3.63, 3.8) is 0 Å². The van der Waals surface area contributed by atoms with E-state index in [9.17, 15) is 0 Å². The summed E-state index contributed by atoms with van der Waals surface area (Å²) in [4.78, 5) is 8.99. The Morgan fingerprint density at radius 3 is 2.15 bits per heavy atom. The molecule has 0 spiro atoms. The van der Waals surface area contributed by atoms with Crippen LogP contribution in [-0.2, 0) is 0 Å². The van der Waals surface area contributed by atoms with Crippen LogP contribution >= 0.6 is 0 Å². The molecule has 3 heteroatoms. The van der Waals surface area contributed by atoms with E-state index >= 15 is 0 Å². The summed E-state index contributed by atoms with van der Waals surface area (Å²) in [6, 6.07) is 4.55. The van der Waals surface area contributed by atoms with Crippen LogP contribution in [0, 0.1) is 27.7 Å².